The molecule has 1 amide bonds. The van der Waals surface area contributed by atoms with Crippen LogP contribution >= 0.6 is 0 Å². The lowest BCUT2D eigenvalue weighted by Crippen LogP contribution is -2.49. The molecule has 1 aromatic carbocycles. The topological polar surface area (TPSA) is 85.6 Å². The number of ether oxygens (including phenoxy) is 2. The minimum absolute atomic E-state index is 0.0176. The van der Waals surface area contributed by atoms with Crippen molar-refractivity contribution in [2.45, 2.75) is 13.8 Å². The molecule has 0 saturated carbocycles. The highest BCUT2D eigenvalue weighted by molar-refractivity contribution is 5.95. The standard InChI is InChI=1S/C21H26N6O3/c1-13-18-19(25(3)24-13)20(23-14(2)22-18)26-8-10-27(11-9-26)21(28)15-6-7-16(29-4)17(12-15)30-5/h6-7,12H,8-11H2,1-5H3. The van der Waals surface area contributed by atoms with Gasteiger partial charge in [0.15, 0.2) is 17.3 Å². The second kappa shape index (κ2) is 7.81. The third-order valence-corrected chi connectivity index (χ3v) is 5.44. The largest absolute Gasteiger partial charge is 0.493 e. The summed E-state index contributed by atoms with van der Waals surface area (Å²) < 4.78 is 12.4. The van der Waals surface area contributed by atoms with Gasteiger partial charge in [-0.2, -0.15) is 5.10 Å². The van der Waals surface area contributed by atoms with Gasteiger partial charge in [-0.25, -0.2) is 9.97 Å². The van der Waals surface area contributed by atoms with Crippen molar-refractivity contribution in [2.75, 3.05) is 45.3 Å². The molecule has 1 saturated heterocycles. The van der Waals surface area contributed by atoms with Crippen LogP contribution in [0.25, 0.3) is 11.0 Å². The summed E-state index contributed by atoms with van der Waals surface area (Å²) in [5, 5.41) is 4.50. The molecule has 3 heterocycles. The highest BCUT2D eigenvalue weighted by Crippen LogP contribution is 2.29. The van der Waals surface area contributed by atoms with Gasteiger partial charge in [0.2, 0.25) is 0 Å². The van der Waals surface area contributed by atoms with Crippen LogP contribution in [0, 0.1) is 13.8 Å². The Labute approximate surface area is 175 Å². The molecule has 2 aromatic heterocycles. The smallest absolute Gasteiger partial charge is 0.254 e. The summed E-state index contributed by atoms with van der Waals surface area (Å²) in [6, 6.07) is 5.25. The molecule has 0 atom stereocenters. The average molecular weight is 410 g/mol. The van der Waals surface area contributed by atoms with E-state index in [1.54, 1.807) is 32.4 Å². The third-order valence-electron chi connectivity index (χ3n) is 5.44. The molecule has 1 aliphatic heterocycles. The molecule has 0 N–H and O–H groups in total. The van der Waals surface area contributed by atoms with Crippen LogP contribution in [0.15, 0.2) is 18.2 Å². The summed E-state index contributed by atoms with van der Waals surface area (Å²) in [4.78, 5) is 26.3. The van der Waals surface area contributed by atoms with Gasteiger partial charge in [0.25, 0.3) is 5.91 Å². The van der Waals surface area contributed by atoms with Crippen molar-refractivity contribution < 1.29 is 14.3 Å². The van der Waals surface area contributed by atoms with Gasteiger partial charge < -0.3 is 19.3 Å². The Morgan fingerprint density at radius 2 is 1.70 bits per heavy atom. The lowest BCUT2D eigenvalue weighted by atomic mass is 10.1. The first kappa shape index (κ1) is 19.9. The fraction of sp³-hybridized carbons (Fsp3) is 0.429. The molecule has 4 rings (SSSR count). The van der Waals surface area contributed by atoms with Crippen molar-refractivity contribution in [3.8, 4) is 11.5 Å². The van der Waals surface area contributed by atoms with Crippen LogP contribution in [0.5, 0.6) is 11.5 Å². The first-order valence-corrected chi connectivity index (χ1v) is 9.87. The molecule has 1 aliphatic rings. The molecule has 1 fully saturated rings. The molecule has 0 aliphatic carbocycles. The lowest BCUT2D eigenvalue weighted by molar-refractivity contribution is 0.0746. The number of piperazine rings is 1. The van der Waals surface area contributed by atoms with E-state index in [4.69, 9.17) is 9.47 Å². The van der Waals surface area contributed by atoms with Gasteiger partial charge in [-0.15, -0.1) is 0 Å². The molecule has 0 unspecified atom stereocenters. The number of fused-ring (bicyclic) bond motifs is 1. The number of benzene rings is 1. The van der Waals surface area contributed by atoms with Crippen LogP contribution in [0.4, 0.5) is 5.82 Å². The first-order chi connectivity index (χ1) is 14.4. The minimum Gasteiger partial charge on any atom is -0.493 e. The van der Waals surface area contributed by atoms with Crippen LogP contribution in [0.2, 0.25) is 0 Å². The Kier molecular flexibility index (Phi) is 5.19. The summed E-state index contributed by atoms with van der Waals surface area (Å²) in [6.07, 6.45) is 0. The van der Waals surface area contributed by atoms with E-state index in [0.717, 1.165) is 28.4 Å². The predicted molar refractivity (Wildman–Crippen MR) is 113 cm³/mol. The number of aryl methyl sites for hydroxylation is 3. The zero-order chi connectivity index (χ0) is 21.4. The van der Waals surface area contributed by atoms with Crippen molar-refractivity contribution in [2.24, 2.45) is 7.05 Å². The summed E-state index contributed by atoms with van der Waals surface area (Å²) in [7, 11) is 5.05. The zero-order valence-corrected chi connectivity index (χ0v) is 18.0. The third kappa shape index (κ3) is 3.40. The van der Waals surface area contributed by atoms with Crippen molar-refractivity contribution in [1.29, 1.82) is 0 Å². The summed E-state index contributed by atoms with van der Waals surface area (Å²) in [5.74, 6) is 2.73. The van der Waals surface area contributed by atoms with Crippen LogP contribution in [-0.4, -0.2) is 71.0 Å². The van der Waals surface area contributed by atoms with Gasteiger partial charge in [-0.1, -0.05) is 0 Å². The van der Waals surface area contributed by atoms with Gasteiger partial charge in [0.05, 0.1) is 19.9 Å². The van der Waals surface area contributed by atoms with Gasteiger partial charge >= 0.3 is 0 Å². The van der Waals surface area contributed by atoms with E-state index >= 15 is 0 Å². The van der Waals surface area contributed by atoms with Gasteiger partial charge in [-0.3, -0.25) is 9.48 Å². The summed E-state index contributed by atoms with van der Waals surface area (Å²) >= 11 is 0. The number of hydrogen-bond donors (Lipinski definition) is 0. The molecule has 0 radical (unpaired) electrons. The van der Waals surface area contributed by atoms with Gasteiger partial charge in [0.1, 0.15) is 16.9 Å². The number of amides is 1. The Morgan fingerprint density at radius 3 is 2.37 bits per heavy atom. The van der Waals surface area contributed by atoms with Gasteiger partial charge in [0, 0.05) is 38.8 Å². The quantitative estimate of drug-likeness (QED) is 0.650. The van der Waals surface area contributed by atoms with Crippen LogP contribution in [0.1, 0.15) is 21.9 Å². The van der Waals surface area contributed by atoms with E-state index in [-0.39, 0.29) is 5.91 Å². The zero-order valence-electron chi connectivity index (χ0n) is 18.0. The molecule has 9 nitrogen and oxygen atoms in total. The van der Waals surface area contributed by atoms with E-state index < -0.39 is 0 Å². The lowest BCUT2D eigenvalue weighted by Gasteiger charge is -2.35. The van der Waals surface area contributed by atoms with E-state index in [9.17, 15) is 4.79 Å². The van der Waals surface area contributed by atoms with Crippen LogP contribution < -0.4 is 14.4 Å². The maximum Gasteiger partial charge on any atom is 0.254 e. The maximum absolute atomic E-state index is 13.0. The number of hydrogen-bond acceptors (Lipinski definition) is 7. The molecular formula is C21H26N6O3. The second-order valence-electron chi connectivity index (χ2n) is 7.35. The van der Waals surface area contributed by atoms with Crippen molar-refractivity contribution >= 4 is 22.8 Å². The molecule has 3 aromatic rings. The highest BCUT2D eigenvalue weighted by Gasteiger charge is 2.26. The number of carbonyl (C=O) groups is 1. The molecule has 30 heavy (non-hydrogen) atoms. The Hall–Kier alpha value is -3.36. The normalized spacial score (nSPS) is 14.3. The second-order valence-corrected chi connectivity index (χ2v) is 7.35. The summed E-state index contributed by atoms with van der Waals surface area (Å²) in [6.45, 7) is 6.44. The van der Waals surface area contributed by atoms with E-state index in [1.165, 1.54) is 0 Å². The van der Waals surface area contributed by atoms with E-state index in [2.05, 4.69) is 20.0 Å². The molecule has 0 spiro atoms. The number of nitrogens with zero attached hydrogens (tertiary/aromatic N) is 6. The van der Waals surface area contributed by atoms with Gasteiger partial charge in [-0.05, 0) is 32.0 Å². The molecule has 158 valence electrons. The van der Waals surface area contributed by atoms with Crippen LogP contribution in [0.3, 0.4) is 0 Å². The average Bonchev–Trinajstić information content (AvgIpc) is 3.05. The first-order valence-electron chi connectivity index (χ1n) is 9.87. The number of aromatic nitrogens is 4. The summed E-state index contributed by atoms with van der Waals surface area (Å²) in [5.41, 5.74) is 3.28. The predicted octanol–water partition coefficient (Wildman–Crippen LogP) is 1.96. The number of rotatable bonds is 4. The highest BCUT2D eigenvalue weighted by atomic mass is 16.5. The fourth-order valence-corrected chi connectivity index (χ4v) is 3.92. The molecule has 0 bridgehead atoms. The van der Waals surface area contributed by atoms with E-state index in [1.807, 2.05) is 30.5 Å². The Balaban J connectivity index is 1.53. The van der Waals surface area contributed by atoms with Crippen molar-refractivity contribution in [1.82, 2.24) is 24.6 Å². The minimum atomic E-state index is -0.0176. The monoisotopic (exact) mass is 410 g/mol. The maximum atomic E-state index is 13.0. The van der Waals surface area contributed by atoms with Crippen molar-refractivity contribution in [3.05, 3.63) is 35.3 Å². The Bertz CT molecular complexity index is 1100. The number of carbonyl (C=O) groups excluding carboxylic acids is 1. The van der Waals surface area contributed by atoms with Crippen molar-refractivity contribution in [3.63, 3.8) is 0 Å². The molecular weight excluding hydrogens is 384 g/mol. The SMILES string of the molecule is COc1ccc(C(=O)N2CCN(c3nc(C)nc4c(C)nn(C)c34)CC2)cc1OC. The van der Waals surface area contributed by atoms with E-state index in [0.29, 0.717) is 43.2 Å². The number of anilines is 1. The fourth-order valence-electron chi connectivity index (χ4n) is 3.92. The number of methoxy groups -OCH3 is 2. The van der Waals surface area contributed by atoms with Crippen LogP contribution in [-0.2, 0) is 7.05 Å². The Morgan fingerprint density at radius 1 is 1.00 bits per heavy atom. The molecule has 9 heteroatoms.